The zero-order valence-electron chi connectivity index (χ0n) is 12.5. The molecule has 1 fully saturated rings. The van der Waals surface area contributed by atoms with Crippen LogP contribution >= 0.6 is 24.0 Å². The molecule has 1 aliphatic rings. The molecule has 3 N–H and O–H groups in total. The van der Waals surface area contributed by atoms with E-state index in [2.05, 4.69) is 5.32 Å². The zero-order valence-corrected chi connectivity index (χ0v) is 14.0. The van der Waals surface area contributed by atoms with Gasteiger partial charge < -0.3 is 11.1 Å². The van der Waals surface area contributed by atoms with E-state index < -0.39 is 0 Å². The number of nitrogens with two attached hydrogens (primary N) is 1. The summed E-state index contributed by atoms with van der Waals surface area (Å²) in [5.74, 6) is 0.0184. The number of anilines is 1. The van der Waals surface area contributed by atoms with Crippen molar-refractivity contribution in [1.82, 2.24) is 0 Å². The van der Waals surface area contributed by atoms with Gasteiger partial charge in [0.15, 0.2) is 0 Å². The first-order valence-electron chi connectivity index (χ1n) is 7.31. The molecule has 1 aromatic carbocycles. The number of amides is 1. The lowest BCUT2D eigenvalue weighted by molar-refractivity contribution is -0.118. The van der Waals surface area contributed by atoms with Gasteiger partial charge in [-0.1, -0.05) is 36.9 Å². The van der Waals surface area contributed by atoms with Crippen molar-refractivity contribution in [2.24, 2.45) is 11.1 Å². The van der Waals surface area contributed by atoms with Crippen LogP contribution in [0, 0.1) is 12.3 Å². The SMILES string of the molecule is Cc1ccc(Cl)c(NC(=O)CC2(CN)CCCCC2)c1.Cl. The van der Waals surface area contributed by atoms with E-state index >= 15 is 0 Å². The van der Waals surface area contributed by atoms with Crippen molar-refractivity contribution < 1.29 is 4.79 Å². The molecule has 1 saturated carbocycles. The first-order valence-corrected chi connectivity index (χ1v) is 7.69. The van der Waals surface area contributed by atoms with Gasteiger partial charge in [-0.15, -0.1) is 12.4 Å². The Labute approximate surface area is 138 Å². The van der Waals surface area contributed by atoms with E-state index in [1.54, 1.807) is 0 Å². The molecular weight excluding hydrogens is 307 g/mol. The normalized spacial score (nSPS) is 16.9. The molecule has 0 unspecified atom stereocenters. The van der Waals surface area contributed by atoms with E-state index in [1.807, 2.05) is 25.1 Å². The highest BCUT2D eigenvalue weighted by molar-refractivity contribution is 6.33. The summed E-state index contributed by atoms with van der Waals surface area (Å²) in [7, 11) is 0. The fraction of sp³-hybridized carbons (Fsp3) is 0.562. The summed E-state index contributed by atoms with van der Waals surface area (Å²) < 4.78 is 0. The molecule has 0 saturated heterocycles. The van der Waals surface area contributed by atoms with Crippen LogP contribution in [-0.2, 0) is 4.79 Å². The monoisotopic (exact) mass is 330 g/mol. The maximum atomic E-state index is 12.3. The predicted molar refractivity (Wildman–Crippen MR) is 91.3 cm³/mol. The molecule has 2 rings (SSSR count). The van der Waals surface area contributed by atoms with Crippen LogP contribution in [0.25, 0.3) is 0 Å². The number of aryl methyl sites for hydroxylation is 1. The van der Waals surface area contributed by atoms with Crippen LogP contribution in [0.1, 0.15) is 44.1 Å². The second-order valence-electron chi connectivity index (χ2n) is 5.97. The van der Waals surface area contributed by atoms with Crippen molar-refractivity contribution in [2.75, 3.05) is 11.9 Å². The second kappa shape index (κ2) is 8.02. The molecule has 0 heterocycles. The summed E-state index contributed by atoms with van der Waals surface area (Å²) in [4.78, 5) is 12.3. The Kier molecular flexibility index (Phi) is 6.98. The Bertz CT molecular complexity index is 485. The molecule has 0 spiro atoms. The number of rotatable bonds is 4. The molecule has 1 aliphatic carbocycles. The van der Waals surface area contributed by atoms with Gasteiger partial charge in [0, 0.05) is 6.42 Å². The summed E-state index contributed by atoms with van der Waals surface area (Å²) in [5.41, 5.74) is 7.69. The van der Waals surface area contributed by atoms with Gasteiger partial charge in [-0.25, -0.2) is 0 Å². The lowest BCUT2D eigenvalue weighted by Gasteiger charge is -2.35. The van der Waals surface area contributed by atoms with E-state index in [-0.39, 0.29) is 23.7 Å². The molecule has 21 heavy (non-hydrogen) atoms. The quantitative estimate of drug-likeness (QED) is 0.864. The van der Waals surface area contributed by atoms with E-state index in [4.69, 9.17) is 17.3 Å². The average Bonchev–Trinajstić information content (AvgIpc) is 2.44. The molecule has 0 radical (unpaired) electrons. The van der Waals surface area contributed by atoms with Crippen molar-refractivity contribution in [3.63, 3.8) is 0 Å². The maximum absolute atomic E-state index is 12.3. The standard InChI is InChI=1S/C16H23ClN2O.ClH/c1-12-5-6-13(17)14(9-12)19-15(20)10-16(11-18)7-3-2-4-8-16;/h5-6,9H,2-4,7-8,10-11,18H2,1H3,(H,19,20);1H. The molecule has 5 heteroatoms. The van der Waals surface area contributed by atoms with Crippen molar-refractivity contribution in [1.29, 1.82) is 0 Å². The van der Waals surface area contributed by atoms with Gasteiger partial charge in [-0.05, 0) is 49.4 Å². The highest BCUT2D eigenvalue weighted by Crippen LogP contribution is 2.38. The third-order valence-electron chi connectivity index (χ3n) is 4.28. The van der Waals surface area contributed by atoms with Gasteiger partial charge >= 0.3 is 0 Å². The number of hydrogen-bond acceptors (Lipinski definition) is 2. The fourth-order valence-corrected chi connectivity index (χ4v) is 3.19. The molecule has 3 nitrogen and oxygen atoms in total. The third kappa shape index (κ3) is 4.87. The Balaban J connectivity index is 0.00000220. The topological polar surface area (TPSA) is 55.1 Å². The molecule has 1 aromatic rings. The summed E-state index contributed by atoms with van der Waals surface area (Å²) in [6, 6.07) is 5.64. The van der Waals surface area contributed by atoms with Crippen molar-refractivity contribution in [3.05, 3.63) is 28.8 Å². The Morgan fingerprint density at radius 3 is 2.62 bits per heavy atom. The van der Waals surface area contributed by atoms with Crippen molar-refractivity contribution in [3.8, 4) is 0 Å². The Morgan fingerprint density at radius 1 is 1.33 bits per heavy atom. The van der Waals surface area contributed by atoms with Gasteiger partial charge in [-0.3, -0.25) is 4.79 Å². The fourth-order valence-electron chi connectivity index (χ4n) is 3.02. The van der Waals surface area contributed by atoms with Crippen LogP contribution in [0.5, 0.6) is 0 Å². The number of hydrogen-bond donors (Lipinski definition) is 2. The highest BCUT2D eigenvalue weighted by atomic mass is 35.5. The summed E-state index contributed by atoms with van der Waals surface area (Å²) in [6.07, 6.45) is 6.21. The van der Waals surface area contributed by atoms with Crippen molar-refractivity contribution >= 4 is 35.6 Å². The molecule has 118 valence electrons. The maximum Gasteiger partial charge on any atom is 0.225 e. The highest BCUT2D eigenvalue weighted by Gasteiger charge is 2.33. The molecule has 0 aromatic heterocycles. The van der Waals surface area contributed by atoms with Gasteiger partial charge in [0.05, 0.1) is 10.7 Å². The van der Waals surface area contributed by atoms with Crippen LogP contribution in [0.15, 0.2) is 18.2 Å². The number of nitrogens with one attached hydrogen (secondary N) is 1. The van der Waals surface area contributed by atoms with Gasteiger partial charge in [0.25, 0.3) is 0 Å². The summed E-state index contributed by atoms with van der Waals surface area (Å²) >= 11 is 6.11. The van der Waals surface area contributed by atoms with Crippen LogP contribution in [0.4, 0.5) is 5.69 Å². The second-order valence-corrected chi connectivity index (χ2v) is 6.38. The number of carbonyl (C=O) groups excluding carboxylic acids is 1. The smallest absolute Gasteiger partial charge is 0.225 e. The Hall–Kier alpha value is -0.770. The summed E-state index contributed by atoms with van der Waals surface area (Å²) in [6.45, 7) is 2.57. The molecule has 0 atom stereocenters. The van der Waals surface area contributed by atoms with Crippen LogP contribution in [0.2, 0.25) is 5.02 Å². The Morgan fingerprint density at radius 2 is 2.00 bits per heavy atom. The van der Waals surface area contributed by atoms with Crippen LogP contribution in [-0.4, -0.2) is 12.5 Å². The van der Waals surface area contributed by atoms with E-state index in [9.17, 15) is 4.79 Å². The lowest BCUT2D eigenvalue weighted by Crippen LogP contribution is -2.36. The van der Waals surface area contributed by atoms with Crippen molar-refractivity contribution in [2.45, 2.75) is 45.4 Å². The van der Waals surface area contributed by atoms with E-state index in [1.165, 1.54) is 19.3 Å². The molecule has 0 bridgehead atoms. The third-order valence-corrected chi connectivity index (χ3v) is 4.61. The van der Waals surface area contributed by atoms with Gasteiger partial charge in [0.1, 0.15) is 0 Å². The minimum Gasteiger partial charge on any atom is -0.330 e. The van der Waals surface area contributed by atoms with Gasteiger partial charge in [0.2, 0.25) is 5.91 Å². The minimum atomic E-state index is -0.0152. The lowest BCUT2D eigenvalue weighted by atomic mass is 9.71. The number of benzene rings is 1. The molecule has 0 aliphatic heterocycles. The van der Waals surface area contributed by atoms with E-state index in [0.717, 1.165) is 18.4 Å². The number of carbonyl (C=O) groups is 1. The first-order chi connectivity index (χ1) is 9.54. The molecule has 1 amide bonds. The van der Waals surface area contributed by atoms with Crippen LogP contribution in [0.3, 0.4) is 0 Å². The minimum absolute atomic E-state index is 0. The first kappa shape index (κ1) is 18.3. The average molecular weight is 331 g/mol. The zero-order chi connectivity index (χ0) is 14.6. The van der Waals surface area contributed by atoms with E-state index in [0.29, 0.717) is 23.7 Å². The van der Waals surface area contributed by atoms with Gasteiger partial charge in [-0.2, -0.15) is 0 Å². The molecular formula is C16H24Cl2N2O. The van der Waals surface area contributed by atoms with Crippen LogP contribution < -0.4 is 11.1 Å². The largest absolute Gasteiger partial charge is 0.330 e. The summed E-state index contributed by atoms with van der Waals surface area (Å²) in [5, 5.41) is 3.51. The predicted octanol–water partition coefficient (Wildman–Crippen LogP) is 4.31. The number of halogens is 2.